The van der Waals surface area contributed by atoms with E-state index in [0.29, 0.717) is 35.8 Å². The van der Waals surface area contributed by atoms with Crippen molar-refractivity contribution in [1.82, 2.24) is 15.2 Å². The summed E-state index contributed by atoms with van der Waals surface area (Å²) >= 11 is 6.02. The third kappa shape index (κ3) is 3.44. The van der Waals surface area contributed by atoms with Crippen LogP contribution in [-0.2, 0) is 21.5 Å². The molecule has 0 radical (unpaired) electrons. The second kappa shape index (κ2) is 8.09. The summed E-state index contributed by atoms with van der Waals surface area (Å²) in [7, 11) is 0. The van der Waals surface area contributed by atoms with E-state index in [-0.39, 0.29) is 0 Å². The zero-order valence-corrected chi connectivity index (χ0v) is 19.4. The first-order chi connectivity index (χ1) is 17.0. The van der Waals surface area contributed by atoms with Gasteiger partial charge in [-0.3, -0.25) is 14.5 Å². The number of hydrazone groups is 1. The summed E-state index contributed by atoms with van der Waals surface area (Å²) in [6, 6.07) is 17.3. The van der Waals surface area contributed by atoms with Crippen LogP contribution in [0.25, 0.3) is 0 Å². The molecule has 3 aromatic rings. The number of hydrogen-bond acceptors (Lipinski definition) is 5. The number of benzene rings is 2. The van der Waals surface area contributed by atoms with Gasteiger partial charge in [-0.2, -0.15) is 5.10 Å². The zero-order chi connectivity index (χ0) is 24.2. The lowest BCUT2D eigenvalue weighted by Gasteiger charge is -2.24. The van der Waals surface area contributed by atoms with Gasteiger partial charge >= 0.3 is 6.03 Å². The van der Waals surface area contributed by atoms with Crippen LogP contribution < -0.4 is 5.32 Å². The number of amides is 4. The van der Waals surface area contributed by atoms with Crippen LogP contribution in [0.2, 0.25) is 5.02 Å². The lowest BCUT2D eigenvalue weighted by Crippen LogP contribution is -2.44. The number of nitrogens with one attached hydrogen (secondary N) is 1. The summed E-state index contributed by atoms with van der Waals surface area (Å²) in [6.07, 6.45) is 3.12. The number of hydrogen-bond donors (Lipinski definition) is 1. The number of urea groups is 1. The van der Waals surface area contributed by atoms with Crippen molar-refractivity contribution in [2.24, 2.45) is 5.10 Å². The Morgan fingerprint density at radius 2 is 1.91 bits per heavy atom. The third-order valence-corrected chi connectivity index (χ3v) is 7.18. The third-order valence-electron chi connectivity index (χ3n) is 6.93. The van der Waals surface area contributed by atoms with E-state index in [0.717, 1.165) is 21.6 Å². The number of halogens is 1. The Hall–Kier alpha value is -3.91. The van der Waals surface area contributed by atoms with E-state index in [1.807, 2.05) is 36.4 Å². The minimum atomic E-state index is -1.11. The van der Waals surface area contributed by atoms with Crippen molar-refractivity contribution < 1.29 is 18.8 Å². The molecular formula is C26H21ClN4O4. The molecule has 1 aliphatic carbocycles. The predicted octanol–water partition coefficient (Wildman–Crippen LogP) is 4.00. The van der Waals surface area contributed by atoms with Crippen LogP contribution in [0.5, 0.6) is 0 Å². The smallest absolute Gasteiger partial charge is 0.325 e. The maximum atomic E-state index is 13.5. The summed E-state index contributed by atoms with van der Waals surface area (Å²) in [5.74, 6) is -0.303. The summed E-state index contributed by atoms with van der Waals surface area (Å²) in [5.41, 5.74) is 2.24. The summed E-state index contributed by atoms with van der Waals surface area (Å²) in [5, 5.41) is 9.35. The van der Waals surface area contributed by atoms with Crippen LogP contribution in [0.4, 0.5) is 4.79 Å². The van der Waals surface area contributed by atoms with Crippen molar-refractivity contribution in [3.63, 3.8) is 0 Å². The summed E-state index contributed by atoms with van der Waals surface area (Å²) in [6.45, 7) is -0.414. The monoisotopic (exact) mass is 488 g/mol. The van der Waals surface area contributed by atoms with E-state index in [2.05, 4.69) is 10.4 Å². The Labute approximate surface area is 206 Å². The molecule has 3 aliphatic rings. The number of carbonyl (C=O) groups excluding carboxylic acids is 3. The van der Waals surface area contributed by atoms with Crippen molar-refractivity contribution in [2.75, 3.05) is 6.54 Å². The highest BCUT2D eigenvalue weighted by Crippen LogP contribution is 2.41. The van der Waals surface area contributed by atoms with Crippen LogP contribution in [0.1, 0.15) is 41.3 Å². The first-order valence-electron chi connectivity index (χ1n) is 11.4. The molecule has 1 spiro atoms. The van der Waals surface area contributed by atoms with Gasteiger partial charge in [-0.1, -0.05) is 48.0 Å². The SMILES string of the molecule is O=C1N[C@]2(CCc3ccccc32)C(=O)N1CC(=O)N1N=C(c2ccc(Cl)cc2)C[C@H]1c1ccco1. The van der Waals surface area contributed by atoms with E-state index in [4.69, 9.17) is 16.0 Å². The molecule has 4 amide bonds. The first kappa shape index (κ1) is 21.6. The second-order valence-electron chi connectivity index (χ2n) is 8.91. The van der Waals surface area contributed by atoms with E-state index < -0.39 is 36.0 Å². The Bertz CT molecular complexity index is 1370. The van der Waals surface area contributed by atoms with Gasteiger partial charge in [0.05, 0.1) is 12.0 Å². The molecule has 35 heavy (non-hydrogen) atoms. The average molecular weight is 489 g/mol. The second-order valence-corrected chi connectivity index (χ2v) is 9.35. The number of carbonyl (C=O) groups is 3. The molecule has 8 nitrogen and oxygen atoms in total. The molecule has 176 valence electrons. The molecule has 0 bridgehead atoms. The summed E-state index contributed by atoms with van der Waals surface area (Å²) in [4.78, 5) is 40.8. The van der Waals surface area contributed by atoms with Gasteiger partial charge in [-0.25, -0.2) is 9.80 Å². The van der Waals surface area contributed by atoms with Gasteiger partial charge in [0.2, 0.25) is 0 Å². The molecule has 3 heterocycles. The standard InChI is InChI=1S/C26H21ClN4O4/c27-18-9-7-17(8-10-18)20-14-21(22-6-3-13-35-22)31(29-20)23(32)15-30-24(33)26(28-25(30)34)12-11-16-4-1-2-5-19(16)26/h1-10,13,21H,11-12,14-15H2,(H,28,34)/t21-,26-/m0/s1. The van der Waals surface area contributed by atoms with E-state index in [9.17, 15) is 14.4 Å². The van der Waals surface area contributed by atoms with Gasteiger partial charge in [0.25, 0.3) is 11.8 Å². The van der Waals surface area contributed by atoms with Crippen LogP contribution in [0, 0.1) is 0 Å². The van der Waals surface area contributed by atoms with E-state index in [1.165, 1.54) is 11.3 Å². The van der Waals surface area contributed by atoms with Gasteiger partial charge < -0.3 is 9.73 Å². The first-order valence-corrected chi connectivity index (χ1v) is 11.8. The zero-order valence-electron chi connectivity index (χ0n) is 18.6. The molecular weight excluding hydrogens is 468 g/mol. The van der Waals surface area contributed by atoms with Gasteiger partial charge in [0.1, 0.15) is 23.9 Å². The molecule has 1 N–H and O–H groups in total. The molecule has 2 atom stereocenters. The topological polar surface area (TPSA) is 95.2 Å². The average Bonchev–Trinajstić information content (AvgIpc) is 3.64. The minimum Gasteiger partial charge on any atom is -0.467 e. The molecule has 1 saturated heterocycles. The number of nitrogens with zero attached hydrogens (tertiary/aromatic N) is 3. The van der Waals surface area contributed by atoms with Crippen molar-refractivity contribution in [3.05, 3.63) is 94.4 Å². The van der Waals surface area contributed by atoms with Gasteiger partial charge in [-0.15, -0.1) is 0 Å². The Balaban J connectivity index is 1.28. The fourth-order valence-electron chi connectivity index (χ4n) is 5.20. The van der Waals surface area contributed by atoms with Crippen molar-refractivity contribution in [3.8, 4) is 0 Å². The highest BCUT2D eigenvalue weighted by atomic mass is 35.5. The lowest BCUT2D eigenvalue weighted by atomic mass is 9.92. The maximum absolute atomic E-state index is 13.5. The molecule has 1 aromatic heterocycles. The van der Waals surface area contributed by atoms with Crippen LogP contribution in [0.3, 0.4) is 0 Å². The summed E-state index contributed by atoms with van der Waals surface area (Å²) < 4.78 is 5.58. The van der Waals surface area contributed by atoms with Crippen molar-refractivity contribution in [2.45, 2.75) is 30.8 Å². The molecule has 0 unspecified atom stereocenters. The van der Waals surface area contributed by atoms with Gasteiger partial charge in [0, 0.05) is 11.4 Å². The minimum absolute atomic E-state index is 0.406. The molecule has 2 aromatic carbocycles. The fraction of sp³-hybridized carbons (Fsp3) is 0.231. The molecule has 9 heteroatoms. The number of fused-ring (bicyclic) bond motifs is 2. The van der Waals surface area contributed by atoms with E-state index in [1.54, 1.807) is 24.3 Å². The van der Waals surface area contributed by atoms with Crippen LogP contribution >= 0.6 is 11.6 Å². The van der Waals surface area contributed by atoms with Crippen molar-refractivity contribution >= 4 is 35.2 Å². The Kier molecular flexibility index (Phi) is 5.00. The lowest BCUT2D eigenvalue weighted by molar-refractivity contribution is -0.140. The normalized spacial score (nSPS) is 23.1. The van der Waals surface area contributed by atoms with E-state index >= 15 is 0 Å². The fourth-order valence-corrected chi connectivity index (χ4v) is 5.33. The molecule has 6 rings (SSSR count). The predicted molar refractivity (Wildman–Crippen MR) is 128 cm³/mol. The van der Waals surface area contributed by atoms with Crippen LogP contribution in [-0.4, -0.2) is 40.0 Å². The Morgan fingerprint density at radius 1 is 1.11 bits per heavy atom. The van der Waals surface area contributed by atoms with Crippen molar-refractivity contribution in [1.29, 1.82) is 0 Å². The number of rotatable bonds is 4. The highest BCUT2D eigenvalue weighted by Gasteiger charge is 2.56. The molecule has 0 saturated carbocycles. The largest absolute Gasteiger partial charge is 0.467 e. The quantitative estimate of drug-likeness (QED) is 0.561. The number of aryl methyl sites for hydroxylation is 1. The molecule has 2 aliphatic heterocycles. The van der Waals surface area contributed by atoms with Crippen LogP contribution in [0.15, 0.2) is 76.4 Å². The Morgan fingerprint density at radius 3 is 2.69 bits per heavy atom. The number of imide groups is 1. The van der Waals surface area contributed by atoms with Gasteiger partial charge in [0.15, 0.2) is 0 Å². The molecule has 1 fully saturated rings. The van der Waals surface area contributed by atoms with Gasteiger partial charge in [-0.05, 0) is 53.8 Å². The highest BCUT2D eigenvalue weighted by molar-refractivity contribution is 6.30. The maximum Gasteiger partial charge on any atom is 0.325 e. The number of furan rings is 1.